The Hall–Kier alpha value is -3.65. The van der Waals surface area contributed by atoms with Crippen LogP contribution in [-0.2, 0) is 20.7 Å². The predicted octanol–water partition coefficient (Wildman–Crippen LogP) is 3.21. The number of nitrogens with zero attached hydrogens (tertiary/aromatic N) is 3. The molecule has 2 aromatic carbocycles. The average Bonchev–Trinajstić information content (AvgIpc) is 3.33. The first-order valence-electron chi connectivity index (χ1n) is 11.1. The standard InChI is InChI=1S/C25H28N4O4/c1-28(25(31)12-11-24-26-17-22(33-24)19-5-3-2-4-6-19)18-23(30)27-20-7-9-21(10-8-20)29-13-15-32-16-14-29/h2-10,17H,11-16,18H2,1H3,(H,27,30). The van der Waals surface area contributed by atoms with Gasteiger partial charge in [-0.1, -0.05) is 30.3 Å². The van der Waals surface area contributed by atoms with Crippen LogP contribution in [0.3, 0.4) is 0 Å². The van der Waals surface area contributed by atoms with Gasteiger partial charge in [-0.25, -0.2) is 4.98 Å². The SMILES string of the molecule is CN(CC(=O)Nc1ccc(N2CCOCC2)cc1)C(=O)CCc1ncc(-c2ccccc2)o1. The largest absolute Gasteiger partial charge is 0.441 e. The summed E-state index contributed by atoms with van der Waals surface area (Å²) in [5, 5.41) is 2.85. The van der Waals surface area contributed by atoms with Gasteiger partial charge in [-0.15, -0.1) is 0 Å². The zero-order chi connectivity index (χ0) is 23.0. The van der Waals surface area contributed by atoms with Crippen LogP contribution >= 0.6 is 0 Å². The molecule has 33 heavy (non-hydrogen) atoms. The number of morpholine rings is 1. The van der Waals surface area contributed by atoms with E-state index < -0.39 is 0 Å². The fourth-order valence-corrected chi connectivity index (χ4v) is 3.65. The minimum atomic E-state index is -0.243. The van der Waals surface area contributed by atoms with Crippen LogP contribution in [0.2, 0.25) is 0 Å². The molecule has 172 valence electrons. The highest BCUT2D eigenvalue weighted by Crippen LogP contribution is 2.21. The second kappa shape index (κ2) is 10.8. The molecule has 1 N–H and O–H groups in total. The van der Waals surface area contributed by atoms with Crippen molar-refractivity contribution in [1.29, 1.82) is 0 Å². The molecule has 8 heteroatoms. The topological polar surface area (TPSA) is 87.9 Å². The maximum atomic E-state index is 12.5. The molecule has 8 nitrogen and oxygen atoms in total. The highest BCUT2D eigenvalue weighted by Gasteiger charge is 2.16. The number of aryl methyl sites for hydroxylation is 1. The number of hydrogen-bond acceptors (Lipinski definition) is 6. The third-order valence-corrected chi connectivity index (χ3v) is 5.50. The number of benzene rings is 2. The molecular weight excluding hydrogens is 420 g/mol. The van der Waals surface area contributed by atoms with Crippen molar-refractivity contribution in [3.63, 3.8) is 0 Å². The van der Waals surface area contributed by atoms with Crippen LogP contribution in [0.4, 0.5) is 11.4 Å². The Morgan fingerprint density at radius 3 is 2.52 bits per heavy atom. The van der Waals surface area contributed by atoms with Gasteiger partial charge in [0.25, 0.3) is 0 Å². The van der Waals surface area contributed by atoms with Crippen LogP contribution in [-0.4, -0.2) is 61.6 Å². The molecule has 0 unspecified atom stereocenters. The van der Waals surface area contributed by atoms with Gasteiger partial charge in [0.15, 0.2) is 11.7 Å². The van der Waals surface area contributed by atoms with Crippen LogP contribution < -0.4 is 10.2 Å². The molecule has 1 aliphatic rings. The molecule has 1 saturated heterocycles. The molecular formula is C25H28N4O4. The monoisotopic (exact) mass is 448 g/mol. The van der Waals surface area contributed by atoms with E-state index >= 15 is 0 Å². The molecule has 1 fully saturated rings. The number of rotatable bonds is 8. The van der Waals surface area contributed by atoms with Crippen molar-refractivity contribution in [3.05, 3.63) is 66.7 Å². The zero-order valence-electron chi connectivity index (χ0n) is 18.7. The second-order valence-electron chi connectivity index (χ2n) is 7.93. The number of carbonyl (C=O) groups is 2. The predicted molar refractivity (Wildman–Crippen MR) is 126 cm³/mol. The fourth-order valence-electron chi connectivity index (χ4n) is 3.65. The number of ether oxygens (including phenoxy) is 1. The lowest BCUT2D eigenvalue weighted by atomic mass is 10.2. The minimum absolute atomic E-state index is 0.0229. The number of hydrogen-bond donors (Lipinski definition) is 1. The van der Waals surface area contributed by atoms with Gasteiger partial charge in [0.1, 0.15) is 0 Å². The van der Waals surface area contributed by atoms with Crippen LogP contribution in [0.25, 0.3) is 11.3 Å². The van der Waals surface area contributed by atoms with E-state index in [1.807, 2.05) is 54.6 Å². The van der Waals surface area contributed by atoms with E-state index in [2.05, 4.69) is 15.2 Å². The van der Waals surface area contributed by atoms with Crippen LogP contribution in [0, 0.1) is 0 Å². The Morgan fingerprint density at radius 2 is 1.79 bits per heavy atom. The summed E-state index contributed by atoms with van der Waals surface area (Å²) in [6, 6.07) is 17.4. The lowest BCUT2D eigenvalue weighted by Gasteiger charge is -2.28. The van der Waals surface area contributed by atoms with Crippen molar-refractivity contribution in [3.8, 4) is 11.3 Å². The summed E-state index contributed by atoms with van der Waals surface area (Å²) in [7, 11) is 1.62. The average molecular weight is 449 g/mol. The van der Waals surface area contributed by atoms with Gasteiger partial charge in [-0.3, -0.25) is 9.59 Å². The lowest BCUT2D eigenvalue weighted by molar-refractivity contribution is -0.133. The highest BCUT2D eigenvalue weighted by molar-refractivity contribution is 5.94. The van der Waals surface area contributed by atoms with Gasteiger partial charge in [0, 0.05) is 49.9 Å². The number of aromatic nitrogens is 1. The van der Waals surface area contributed by atoms with Gasteiger partial charge in [-0.05, 0) is 24.3 Å². The van der Waals surface area contributed by atoms with E-state index in [0.29, 0.717) is 23.8 Å². The Labute approximate surface area is 193 Å². The molecule has 2 heterocycles. The number of nitrogens with one attached hydrogen (secondary N) is 1. The van der Waals surface area contributed by atoms with E-state index in [0.717, 1.165) is 37.6 Å². The molecule has 1 aliphatic heterocycles. The molecule has 0 spiro atoms. The lowest BCUT2D eigenvalue weighted by Crippen LogP contribution is -2.36. The van der Waals surface area contributed by atoms with E-state index in [1.165, 1.54) is 4.90 Å². The summed E-state index contributed by atoms with van der Waals surface area (Å²) in [4.78, 5) is 32.8. The van der Waals surface area contributed by atoms with Gasteiger partial charge in [-0.2, -0.15) is 0 Å². The van der Waals surface area contributed by atoms with E-state index in [1.54, 1.807) is 13.2 Å². The zero-order valence-corrected chi connectivity index (χ0v) is 18.7. The van der Waals surface area contributed by atoms with Crippen LogP contribution in [0.5, 0.6) is 0 Å². The van der Waals surface area contributed by atoms with Crippen molar-refractivity contribution in [1.82, 2.24) is 9.88 Å². The minimum Gasteiger partial charge on any atom is -0.441 e. The molecule has 2 amide bonds. The van der Waals surface area contributed by atoms with E-state index in [-0.39, 0.29) is 24.8 Å². The van der Waals surface area contributed by atoms with Gasteiger partial charge < -0.3 is 24.3 Å². The molecule has 3 aromatic rings. The molecule has 0 bridgehead atoms. The van der Waals surface area contributed by atoms with Crippen molar-refractivity contribution in [2.45, 2.75) is 12.8 Å². The van der Waals surface area contributed by atoms with Gasteiger partial charge >= 0.3 is 0 Å². The van der Waals surface area contributed by atoms with Crippen molar-refractivity contribution in [2.24, 2.45) is 0 Å². The summed E-state index contributed by atoms with van der Waals surface area (Å²) in [5.74, 6) is 0.783. The summed E-state index contributed by atoms with van der Waals surface area (Å²) in [6.07, 6.45) is 2.25. The molecule has 0 aliphatic carbocycles. The Kier molecular flexibility index (Phi) is 7.36. The molecule has 0 radical (unpaired) electrons. The number of oxazole rings is 1. The summed E-state index contributed by atoms with van der Waals surface area (Å²) >= 11 is 0. The van der Waals surface area contributed by atoms with Crippen LogP contribution in [0.1, 0.15) is 12.3 Å². The summed E-state index contributed by atoms with van der Waals surface area (Å²) in [5.41, 5.74) is 2.74. The third kappa shape index (κ3) is 6.20. The second-order valence-corrected chi connectivity index (χ2v) is 7.93. The Morgan fingerprint density at radius 1 is 1.06 bits per heavy atom. The number of amides is 2. The highest BCUT2D eigenvalue weighted by atomic mass is 16.5. The third-order valence-electron chi connectivity index (χ3n) is 5.50. The van der Waals surface area contributed by atoms with E-state index in [4.69, 9.17) is 9.15 Å². The summed E-state index contributed by atoms with van der Waals surface area (Å²) < 4.78 is 11.1. The van der Waals surface area contributed by atoms with Gasteiger partial charge in [0.2, 0.25) is 11.8 Å². The molecule has 0 atom stereocenters. The van der Waals surface area contributed by atoms with Gasteiger partial charge in [0.05, 0.1) is 26.0 Å². The first kappa shape index (κ1) is 22.5. The normalized spacial score (nSPS) is 13.5. The van der Waals surface area contributed by atoms with E-state index in [9.17, 15) is 9.59 Å². The molecule has 4 rings (SSSR count). The Balaban J connectivity index is 1.22. The first-order chi connectivity index (χ1) is 16.1. The molecule has 0 saturated carbocycles. The smallest absolute Gasteiger partial charge is 0.243 e. The fraction of sp³-hybridized carbons (Fsp3) is 0.320. The van der Waals surface area contributed by atoms with Crippen molar-refractivity contribution < 1.29 is 18.7 Å². The quantitative estimate of drug-likeness (QED) is 0.569. The molecule has 1 aromatic heterocycles. The summed E-state index contributed by atoms with van der Waals surface area (Å²) in [6.45, 7) is 3.15. The van der Waals surface area contributed by atoms with Crippen molar-refractivity contribution in [2.75, 3.05) is 50.1 Å². The Bertz CT molecular complexity index is 1060. The van der Waals surface area contributed by atoms with Crippen LogP contribution in [0.15, 0.2) is 65.2 Å². The number of anilines is 2. The maximum Gasteiger partial charge on any atom is 0.243 e. The number of carbonyl (C=O) groups excluding carboxylic acids is 2. The van der Waals surface area contributed by atoms with Crippen molar-refractivity contribution >= 4 is 23.2 Å². The maximum absolute atomic E-state index is 12.5. The number of likely N-dealkylation sites (N-methyl/N-ethyl adjacent to an activating group) is 1. The first-order valence-corrected chi connectivity index (χ1v) is 11.1.